The van der Waals surface area contributed by atoms with Crippen LogP contribution in [0.3, 0.4) is 0 Å². The molecule has 0 fully saturated rings. The van der Waals surface area contributed by atoms with E-state index < -0.39 is 0 Å². The van der Waals surface area contributed by atoms with Crippen molar-refractivity contribution in [2.24, 2.45) is 0 Å². The smallest absolute Gasteiger partial charge is 0.229 e. The van der Waals surface area contributed by atoms with Crippen molar-refractivity contribution < 1.29 is 0 Å². The maximum Gasteiger partial charge on any atom is 0.229 e. The van der Waals surface area contributed by atoms with E-state index in [1.807, 2.05) is 20.8 Å². The summed E-state index contributed by atoms with van der Waals surface area (Å²) < 4.78 is 0. The van der Waals surface area contributed by atoms with Crippen molar-refractivity contribution in [3.8, 4) is 6.07 Å². The molecule has 0 unspecified atom stereocenters. The molecule has 3 N–H and O–H groups in total. The summed E-state index contributed by atoms with van der Waals surface area (Å²) in [5.74, 6) is 0.876. The van der Waals surface area contributed by atoms with Crippen LogP contribution < -0.4 is 11.1 Å². The second-order valence-electron chi connectivity index (χ2n) is 3.57. The minimum absolute atomic E-state index is 0.425. The van der Waals surface area contributed by atoms with E-state index in [1.54, 1.807) is 30.3 Å². The molecule has 5 heteroatoms. The van der Waals surface area contributed by atoms with Crippen LogP contribution in [-0.2, 0) is 0 Å². The fraction of sp³-hybridized carbons (Fsp3) is 0.214. The summed E-state index contributed by atoms with van der Waals surface area (Å²) in [4.78, 5) is 8.27. The lowest BCUT2D eigenvalue weighted by atomic mass is 10.2. The Hall–Kier alpha value is -2.61. The zero-order valence-corrected chi connectivity index (χ0v) is 11.3. The van der Waals surface area contributed by atoms with Gasteiger partial charge in [-0.25, -0.2) is 4.98 Å². The minimum atomic E-state index is 0.425. The first kappa shape index (κ1) is 14.5. The van der Waals surface area contributed by atoms with Crippen molar-refractivity contribution in [2.75, 3.05) is 11.1 Å². The second-order valence-corrected chi connectivity index (χ2v) is 3.57. The van der Waals surface area contributed by atoms with Gasteiger partial charge in [-0.05, 0) is 31.2 Å². The van der Waals surface area contributed by atoms with Crippen molar-refractivity contribution >= 4 is 17.5 Å². The average Bonchev–Trinajstić information content (AvgIpc) is 2.41. The molecule has 19 heavy (non-hydrogen) atoms. The molecule has 5 nitrogen and oxygen atoms in total. The second kappa shape index (κ2) is 6.97. The number of nitrogens with two attached hydrogens (primary N) is 1. The van der Waals surface area contributed by atoms with Crippen LogP contribution in [0.4, 0.5) is 17.5 Å². The molecule has 0 amide bonds. The predicted molar refractivity (Wildman–Crippen MR) is 77.0 cm³/mol. The summed E-state index contributed by atoms with van der Waals surface area (Å²) in [6.45, 7) is 5.85. The fourth-order valence-electron chi connectivity index (χ4n) is 1.41. The summed E-state index contributed by atoms with van der Waals surface area (Å²) in [5, 5.41) is 11.7. The summed E-state index contributed by atoms with van der Waals surface area (Å²) in [7, 11) is 0. The van der Waals surface area contributed by atoms with Gasteiger partial charge in [0.2, 0.25) is 5.95 Å². The van der Waals surface area contributed by atoms with Gasteiger partial charge in [-0.2, -0.15) is 10.2 Å². The van der Waals surface area contributed by atoms with E-state index in [0.717, 1.165) is 11.4 Å². The van der Waals surface area contributed by atoms with Crippen molar-refractivity contribution in [1.82, 2.24) is 9.97 Å². The molecule has 2 aromatic rings. The molecule has 0 bridgehead atoms. The van der Waals surface area contributed by atoms with Gasteiger partial charge in [-0.1, -0.05) is 13.8 Å². The van der Waals surface area contributed by atoms with E-state index in [4.69, 9.17) is 11.0 Å². The van der Waals surface area contributed by atoms with Crippen molar-refractivity contribution in [3.05, 3.63) is 41.6 Å². The highest BCUT2D eigenvalue weighted by atomic mass is 15.1. The van der Waals surface area contributed by atoms with Crippen LogP contribution in [-0.4, -0.2) is 9.97 Å². The Balaban J connectivity index is 0.000000861. The average molecular weight is 255 g/mol. The van der Waals surface area contributed by atoms with E-state index in [1.165, 1.54) is 0 Å². The Bertz CT molecular complexity index is 549. The molecule has 2 rings (SSSR count). The minimum Gasteiger partial charge on any atom is -0.384 e. The zero-order chi connectivity index (χ0) is 14.3. The molecule has 1 aromatic carbocycles. The monoisotopic (exact) mass is 255 g/mol. The highest BCUT2D eigenvalue weighted by molar-refractivity contribution is 5.56. The molecular weight excluding hydrogens is 238 g/mol. The Kier molecular flexibility index (Phi) is 5.30. The molecule has 0 aliphatic carbocycles. The van der Waals surface area contributed by atoms with Gasteiger partial charge in [0.1, 0.15) is 5.82 Å². The van der Waals surface area contributed by atoms with E-state index in [2.05, 4.69) is 21.4 Å². The number of hydrogen-bond acceptors (Lipinski definition) is 5. The highest BCUT2D eigenvalue weighted by Gasteiger charge is 2.00. The van der Waals surface area contributed by atoms with Crippen molar-refractivity contribution in [3.63, 3.8) is 0 Å². The molecule has 0 saturated carbocycles. The van der Waals surface area contributed by atoms with Gasteiger partial charge >= 0.3 is 0 Å². The molecular formula is C14H17N5. The number of nitrogens with zero attached hydrogens (tertiary/aromatic N) is 3. The standard InChI is InChI=1S/C12H11N5.C2H6/c1-8-6-11(14)17-12(15-8)16-10-4-2-9(7-13)3-5-10;1-2/h2-6H,1H3,(H3,14,15,16,17);1-2H3. The molecule has 0 atom stereocenters. The summed E-state index contributed by atoms with van der Waals surface area (Å²) in [6, 6.07) is 10.8. The number of hydrogen-bond donors (Lipinski definition) is 2. The fourth-order valence-corrected chi connectivity index (χ4v) is 1.41. The number of anilines is 3. The van der Waals surface area contributed by atoms with Crippen LogP contribution in [0.2, 0.25) is 0 Å². The van der Waals surface area contributed by atoms with Crippen LogP contribution in [0.5, 0.6) is 0 Å². The summed E-state index contributed by atoms with van der Waals surface area (Å²) in [5.41, 5.74) is 7.85. The van der Waals surface area contributed by atoms with E-state index in [0.29, 0.717) is 17.3 Å². The van der Waals surface area contributed by atoms with Crippen molar-refractivity contribution in [2.45, 2.75) is 20.8 Å². The lowest BCUT2D eigenvalue weighted by molar-refractivity contribution is 1.11. The van der Waals surface area contributed by atoms with Crippen molar-refractivity contribution in [1.29, 1.82) is 5.26 Å². The van der Waals surface area contributed by atoms with Gasteiger partial charge < -0.3 is 11.1 Å². The molecule has 0 aliphatic heterocycles. The maximum atomic E-state index is 8.68. The lowest BCUT2D eigenvalue weighted by Crippen LogP contribution is -2.01. The van der Waals surface area contributed by atoms with Crippen LogP contribution in [0, 0.1) is 18.3 Å². The Morgan fingerprint density at radius 3 is 2.32 bits per heavy atom. The summed E-state index contributed by atoms with van der Waals surface area (Å²) in [6.07, 6.45) is 0. The SMILES string of the molecule is CC.Cc1cc(N)nc(Nc2ccc(C#N)cc2)n1. The van der Waals surface area contributed by atoms with Gasteiger partial charge in [0.05, 0.1) is 11.6 Å². The third-order valence-electron chi connectivity index (χ3n) is 2.14. The van der Waals surface area contributed by atoms with Crippen LogP contribution in [0.15, 0.2) is 30.3 Å². The number of nitriles is 1. The van der Waals surface area contributed by atoms with E-state index >= 15 is 0 Å². The van der Waals surface area contributed by atoms with Gasteiger partial charge in [0.15, 0.2) is 0 Å². The largest absolute Gasteiger partial charge is 0.384 e. The number of aryl methyl sites for hydroxylation is 1. The van der Waals surface area contributed by atoms with Crippen LogP contribution >= 0.6 is 0 Å². The Morgan fingerprint density at radius 1 is 1.16 bits per heavy atom. The maximum absolute atomic E-state index is 8.68. The number of aromatic nitrogens is 2. The first-order valence-electron chi connectivity index (χ1n) is 6.06. The topological polar surface area (TPSA) is 87.6 Å². The first-order valence-corrected chi connectivity index (χ1v) is 6.06. The number of nitrogens with one attached hydrogen (secondary N) is 1. The predicted octanol–water partition coefficient (Wildman–Crippen LogP) is 3.01. The van der Waals surface area contributed by atoms with Gasteiger partial charge in [0, 0.05) is 17.4 Å². The quantitative estimate of drug-likeness (QED) is 0.861. The lowest BCUT2D eigenvalue weighted by Gasteiger charge is -2.06. The van der Waals surface area contributed by atoms with Crippen LogP contribution in [0.1, 0.15) is 25.1 Å². The third-order valence-corrected chi connectivity index (χ3v) is 2.14. The van der Waals surface area contributed by atoms with E-state index in [-0.39, 0.29) is 0 Å². The number of benzene rings is 1. The van der Waals surface area contributed by atoms with Gasteiger partial charge in [-0.15, -0.1) is 0 Å². The van der Waals surface area contributed by atoms with Crippen LogP contribution in [0.25, 0.3) is 0 Å². The van der Waals surface area contributed by atoms with Gasteiger partial charge in [0.25, 0.3) is 0 Å². The molecule has 0 radical (unpaired) electrons. The third kappa shape index (κ3) is 4.28. The molecule has 0 aliphatic rings. The Labute approximate surface area is 113 Å². The molecule has 0 saturated heterocycles. The molecule has 1 heterocycles. The normalized spacial score (nSPS) is 8.95. The van der Waals surface area contributed by atoms with Gasteiger partial charge in [-0.3, -0.25) is 0 Å². The first-order chi connectivity index (χ1) is 9.17. The molecule has 0 spiro atoms. The van der Waals surface area contributed by atoms with E-state index in [9.17, 15) is 0 Å². The summed E-state index contributed by atoms with van der Waals surface area (Å²) >= 11 is 0. The molecule has 98 valence electrons. The zero-order valence-electron chi connectivity index (χ0n) is 11.3. The highest BCUT2D eigenvalue weighted by Crippen LogP contribution is 2.15. The number of rotatable bonds is 2. The number of nitrogen functional groups attached to an aromatic ring is 1. The molecule has 1 aromatic heterocycles. The Morgan fingerprint density at radius 2 is 1.79 bits per heavy atom.